The lowest BCUT2D eigenvalue weighted by atomic mass is 10.5. The number of aromatic nitrogens is 2. The van der Waals surface area contributed by atoms with Gasteiger partial charge in [0.15, 0.2) is 6.29 Å². The van der Waals surface area contributed by atoms with Crippen molar-refractivity contribution in [1.29, 1.82) is 0 Å². The number of aldehydes is 1. The van der Waals surface area contributed by atoms with Gasteiger partial charge in [-0.1, -0.05) is 6.92 Å². The number of hydrogen-bond acceptors (Lipinski definition) is 5. The summed E-state index contributed by atoms with van der Waals surface area (Å²) in [4.78, 5) is 19.0. The van der Waals surface area contributed by atoms with Crippen LogP contribution in [0.1, 0.15) is 22.4 Å². The van der Waals surface area contributed by atoms with E-state index in [1.807, 2.05) is 5.38 Å². The maximum Gasteiger partial charge on any atom is 0.169 e. The predicted octanol–water partition coefficient (Wildman–Crippen LogP) is 2.64. The van der Waals surface area contributed by atoms with E-state index in [1.54, 1.807) is 16.7 Å². The fraction of sp³-hybridized carbons (Fsp3) is 0.222. The smallest absolute Gasteiger partial charge is 0.169 e. The normalized spacial score (nSPS) is 10.4. The van der Waals surface area contributed by atoms with Gasteiger partial charge in [-0.25, -0.2) is 9.97 Å². The van der Waals surface area contributed by atoms with E-state index in [0.717, 1.165) is 28.4 Å². The molecule has 0 saturated carbocycles. The molecular weight excluding hydrogens is 216 g/mol. The zero-order valence-electron chi connectivity index (χ0n) is 7.56. The third kappa shape index (κ3) is 1.73. The molecule has 5 heteroatoms. The third-order valence-electron chi connectivity index (χ3n) is 1.72. The topological polar surface area (TPSA) is 42.9 Å². The van der Waals surface area contributed by atoms with Crippen LogP contribution in [0, 0.1) is 0 Å². The summed E-state index contributed by atoms with van der Waals surface area (Å²) in [6.45, 7) is 2.07. The summed E-state index contributed by atoms with van der Waals surface area (Å²) in [5.41, 5.74) is 1.36. The summed E-state index contributed by atoms with van der Waals surface area (Å²) in [6, 6.07) is 0. The minimum atomic E-state index is 0.482. The Hall–Kier alpha value is -1.07. The summed E-state index contributed by atoms with van der Waals surface area (Å²) in [5.74, 6) is 0. The molecule has 72 valence electrons. The van der Waals surface area contributed by atoms with E-state index >= 15 is 0 Å². The van der Waals surface area contributed by atoms with Crippen LogP contribution in [-0.2, 0) is 6.42 Å². The SMILES string of the molecule is CCc1nc(-c2nc(C=O)cs2)cs1. The first-order chi connectivity index (χ1) is 6.83. The van der Waals surface area contributed by atoms with Crippen LogP contribution in [0.5, 0.6) is 0 Å². The highest BCUT2D eigenvalue weighted by Crippen LogP contribution is 2.24. The number of thiazole rings is 2. The second-order valence-corrected chi connectivity index (χ2v) is 4.48. The molecule has 14 heavy (non-hydrogen) atoms. The van der Waals surface area contributed by atoms with Gasteiger partial charge >= 0.3 is 0 Å². The molecular formula is C9H8N2OS2. The van der Waals surface area contributed by atoms with Gasteiger partial charge < -0.3 is 0 Å². The lowest BCUT2D eigenvalue weighted by Crippen LogP contribution is -1.81. The largest absolute Gasteiger partial charge is 0.296 e. The van der Waals surface area contributed by atoms with Crippen molar-refractivity contribution in [1.82, 2.24) is 9.97 Å². The van der Waals surface area contributed by atoms with Gasteiger partial charge in [-0.2, -0.15) is 0 Å². The van der Waals surface area contributed by atoms with Crippen molar-refractivity contribution in [3.8, 4) is 10.7 Å². The Morgan fingerprint density at radius 2 is 2.21 bits per heavy atom. The van der Waals surface area contributed by atoms with Gasteiger partial charge in [0.2, 0.25) is 0 Å². The van der Waals surface area contributed by atoms with Crippen molar-refractivity contribution in [3.05, 3.63) is 21.5 Å². The molecule has 0 bridgehead atoms. The van der Waals surface area contributed by atoms with Crippen molar-refractivity contribution in [3.63, 3.8) is 0 Å². The molecule has 0 radical (unpaired) electrons. The first-order valence-corrected chi connectivity index (χ1v) is 5.95. The van der Waals surface area contributed by atoms with Crippen molar-refractivity contribution in [2.24, 2.45) is 0 Å². The number of carbonyl (C=O) groups excluding carboxylic acids is 1. The lowest BCUT2D eigenvalue weighted by Gasteiger charge is -1.86. The van der Waals surface area contributed by atoms with Crippen LogP contribution < -0.4 is 0 Å². The van der Waals surface area contributed by atoms with Crippen LogP contribution in [0.25, 0.3) is 10.7 Å². The lowest BCUT2D eigenvalue weighted by molar-refractivity contribution is 0.111. The molecule has 2 aromatic rings. The highest BCUT2D eigenvalue weighted by molar-refractivity contribution is 7.14. The molecule has 0 unspecified atom stereocenters. The molecule has 2 rings (SSSR count). The zero-order chi connectivity index (χ0) is 9.97. The van der Waals surface area contributed by atoms with Gasteiger partial charge in [0.05, 0.1) is 5.01 Å². The average molecular weight is 224 g/mol. The molecule has 0 aliphatic carbocycles. The fourth-order valence-corrected chi connectivity index (χ4v) is 2.56. The standard InChI is InChI=1S/C9H8N2OS2/c1-2-8-11-7(5-13-8)9-10-6(3-12)4-14-9/h3-5H,2H2,1H3. The quantitative estimate of drug-likeness (QED) is 0.753. The van der Waals surface area contributed by atoms with Crippen LogP contribution in [0.4, 0.5) is 0 Å². The van der Waals surface area contributed by atoms with E-state index in [4.69, 9.17) is 0 Å². The Labute approximate surface area is 89.5 Å². The Kier molecular flexibility index (Phi) is 2.69. The van der Waals surface area contributed by atoms with Gasteiger partial charge in [-0.3, -0.25) is 4.79 Å². The number of hydrogen-bond donors (Lipinski definition) is 0. The molecule has 2 heterocycles. The zero-order valence-corrected chi connectivity index (χ0v) is 9.19. The summed E-state index contributed by atoms with van der Waals surface area (Å²) in [7, 11) is 0. The molecule has 0 N–H and O–H groups in total. The van der Waals surface area contributed by atoms with Crippen LogP contribution in [0.15, 0.2) is 10.8 Å². The summed E-state index contributed by atoms with van der Waals surface area (Å²) in [6.07, 6.45) is 1.70. The molecule has 0 aromatic carbocycles. The van der Waals surface area contributed by atoms with Crippen molar-refractivity contribution in [2.75, 3.05) is 0 Å². The Balaban J connectivity index is 2.33. The van der Waals surface area contributed by atoms with Gasteiger partial charge in [0.25, 0.3) is 0 Å². The molecule has 0 fully saturated rings. The first kappa shape index (κ1) is 9.48. The number of nitrogens with zero attached hydrogens (tertiary/aromatic N) is 2. The number of rotatable bonds is 3. The third-order valence-corrected chi connectivity index (χ3v) is 3.59. The van der Waals surface area contributed by atoms with Crippen LogP contribution in [0.3, 0.4) is 0 Å². The van der Waals surface area contributed by atoms with Gasteiger partial charge in [0.1, 0.15) is 16.4 Å². The van der Waals surface area contributed by atoms with Gasteiger partial charge in [-0.05, 0) is 6.42 Å². The molecule has 0 aliphatic rings. The van der Waals surface area contributed by atoms with Crippen molar-refractivity contribution >= 4 is 29.0 Å². The fourth-order valence-electron chi connectivity index (χ4n) is 1.03. The Morgan fingerprint density at radius 3 is 2.79 bits per heavy atom. The Bertz CT molecular complexity index is 447. The predicted molar refractivity (Wildman–Crippen MR) is 58.0 cm³/mol. The summed E-state index contributed by atoms with van der Waals surface area (Å²) >= 11 is 3.08. The van der Waals surface area contributed by atoms with Gasteiger partial charge in [0, 0.05) is 10.8 Å². The van der Waals surface area contributed by atoms with Gasteiger partial charge in [-0.15, -0.1) is 22.7 Å². The second-order valence-electron chi connectivity index (χ2n) is 2.68. The van der Waals surface area contributed by atoms with E-state index < -0.39 is 0 Å². The molecule has 2 aromatic heterocycles. The molecule has 0 atom stereocenters. The highest BCUT2D eigenvalue weighted by atomic mass is 32.1. The van der Waals surface area contributed by atoms with Crippen LogP contribution >= 0.6 is 22.7 Å². The molecule has 3 nitrogen and oxygen atoms in total. The van der Waals surface area contributed by atoms with Crippen molar-refractivity contribution < 1.29 is 4.79 Å². The average Bonchev–Trinajstić information content (AvgIpc) is 2.86. The van der Waals surface area contributed by atoms with Crippen LogP contribution in [0.2, 0.25) is 0 Å². The Morgan fingerprint density at radius 1 is 1.36 bits per heavy atom. The molecule has 0 amide bonds. The number of aryl methyl sites for hydroxylation is 1. The van der Waals surface area contributed by atoms with E-state index in [2.05, 4.69) is 16.9 Å². The molecule has 0 saturated heterocycles. The summed E-state index contributed by atoms with van der Waals surface area (Å²) < 4.78 is 0. The minimum absolute atomic E-state index is 0.482. The van der Waals surface area contributed by atoms with E-state index in [-0.39, 0.29) is 0 Å². The molecule has 0 aliphatic heterocycles. The highest BCUT2D eigenvalue weighted by Gasteiger charge is 2.07. The van der Waals surface area contributed by atoms with Crippen LogP contribution in [-0.4, -0.2) is 16.3 Å². The van der Waals surface area contributed by atoms with E-state index in [9.17, 15) is 4.79 Å². The van der Waals surface area contributed by atoms with Crippen molar-refractivity contribution in [2.45, 2.75) is 13.3 Å². The summed E-state index contributed by atoms with van der Waals surface area (Å²) in [5, 5.41) is 5.64. The minimum Gasteiger partial charge on any atom is -0.296 e. The first-order valence-electron chi connectivity index (χ1n) is 4.19. The maximum absolute atomic E-state index is 10.4. The van der Waals surface area contributed by atoms with E-state index in [0.29, 0.717) is 5.69 Å². The maximum atomic E-state index is 10.4. The number of carbonyl (C=O) groups is 1. The monoisotopic (exact) mass is 224 g/mol. The second kappa shape index (κ2) is 3.98. The van der Waals surface area contributed by atoms with E-state index in [1.165, 1.54) is 11.3 Å². The molecule has 0 spiro atoms.